The molecule has 0 bridgehead atoms. The van der Waals surface area contributed by atoms with Crippen LogP contribution in [0.3, 0.4) is 0 Å². The average molecular weight is 504 g/mol. The Balaban J connectivity index is 1.56. The Morgan fingerprint density at radius 3 is 2.47 bits per heavy atom. The van der Waals surface area contributed by atoms with Gasteiger partial charge in [-0.25, -0.2) is 18.5 Å². The maximum atomic E-state index is 13.2. The molecule has 0 saturated heterocycles. The Hall–Kier alpha value is -2.43. The summed E-state index contributed by atoms with van der Waals surface area (Å²) < 4.78 is 24.9. The number of nitrogens with two attached hydrogens (primary N) is 1. The number of hydrogen-bond acceptors (Lipinski definition) is 6. The number of thiazole rings is 1. The molecule has 0 saturated carbocycles. The molecule has 1 amide bonds. The van der Waals surface area contributed by atoms with Gasteiger partial charge in [0, 0.05) is 10.7 Å². The van der Waals surface area contributed by atoms with E-state index in [1.165, 1.54) is 35.2 Å². The van der Waals surface area contributed by atoms with Gasteiger partial charge in [-0.1, -0.05) is 53.7 Å². The van der Waals surface area contributed by atoms with Gasteiger partial charge >= 0.3 is 0 Å². The van der Waals surface area contributed by atoms with Gasteiger partial charge < -0.3 is 4.90 Å². The minimum atomic E-state index is -3.81. The van der Waals surface area contributed by atoms with E-state index in [4.69, 9.17) is 16.7 Å². The van der Waals surface area contributed by atoms with Crippen LogP contribution in [0.5, 0.6) is 0 Å². The minimum absolute atomic E-state index is 0.00382. The molecule has 164 valence electrons. The third-order valence-corrected chi connectivity index (χ3v) is 7.94. The summed E-state index contributed by atoms with van der Waals surface area (Å²) in [6, 6.07) is 21.1. The first-order valence-electron chi connectivity index (χ1n) is 9.46. The Kier molecular flexibility index (Phi) is 6.82. The van der Waals surface area contributed by atoms with Gasteiger partial charge in [0.15, 0.2) is 4.34 Å². The van der Waals surface area contributed by atoms with E-state index in [1.807, 2.05) is 42.5 Å². The van der Waals surface area contributed by atoms with Gasteiger partial charge in [0.05, 0.1) is 27.4 Å². The molecule has 6 nitrogen and oxygen atoms in total. The van der Waals surface area contributed by atoms with Crippen LogP contribution in [0.2, 0.25) is 5.02 Å². The second-order valence-corrected chi connectivity index (χ2v) is 11.1. The van der Waals surface area contributed by atoms with Gasteiger partial charge in [-0.2, -0.15) is 0 Å². The van der Waals surface area contributed by atoms with Crippen molar-refractivity contribution in [3.05, 3.63) is 83.4 Å². The summed E-state index contributed by atoms with van der Waals surface area (Å²) in [5, 5.41) is 5.81. The number of halogens is 1. The molecule has 3 aromatic carbocycles. The van der Waals surface area contributed by atoms with E-state index >= 15 is 0 Å². The number of aromatic nitrogens is 1. The first kappa shape index (κ1) is 22.8. The molecule has 0 unspecified atom stereocenters. The van der Waals surface area contributed by atoms with Crippen LogP contribution in [0.1, 0.15) is 5.56 Å². The summed E-state index contributed by atoms with van der Waals surface area (Å²) in [6.45, 7) is 0.352. The lowest BCUT2D eigenvalue weighted by molar-refractivity contribution is -0.116. The summed E-state index contributed by atoms with van der Waals surface area (Å²) in [5.41, 5.74) is 2.34. The molecule has 4 aromatic rings. The molecule has 0 aliphatic carbocycles. The second kappa shape index (κ2) is 9.60. The Labute approximate surface area is 199 Å². The zero-order chi connectivity index (χ0) is 22.7. The largest absolute Gasteiger partial charge is 0.307 e. The lowest BCUT2D eigenvalue weighted by Gasteiger charge is -2.23. The zero-order valence-electron chi connectivity index (χ0n) is 16.6. The van der Waals surface area contributed by atoms with Crippen LogP contribution in [0.15, 0.2) is 82.0 Å². The smallest absolute Gasteiger partial charge is 0.238 e. The van der Waals surface area contributed by atoms with Crippen molar-refractivity contribution in [3.63, 3.8) is 0 Å². The predicted octanol–water partition coefficient (Wildman–Crippen LogP) is 4.92. The molecule has 0 aliphatic heterocycles. The van der Waals surface area contributed by atoms with E-state index in [0.29, 0.717) is 17.3 Å². The second-order valence-electron chi connectivity index (χ2n) is 6.88. The molecule has 2 N–H and O–H groups in total. The van der Waals surface area contributed by atoms with Gasteiger partial charge in [0.2, 0.25) is 15.9 Å². The Morgan fingerprint density at radius 2 is 1.78 bits per heavy atom. The van der Waals surface area contributed by atoms with Crippen LogP contribution in [-0.2, 0) is 21.4 Å². The van der Waals surface area contributed by atoms with Crippen molar-refractivity contribution in [1.29, 1.82) is 0 Å². The van der Waals surface area contributed by atoms with Crippen LogP contribution in [0, 0.1) is 0 Å². The average Bonchev–Trinajstić information content (AvgIpc) is 3.18. The van der Waals surface area contributed by atoms with Crippen LogP contribution in [0.25, 0.3) is 10.2 Å². The number of sulfonamides is 1. The highest BCUT2D eigenvalue weighted by molar-refractivity contribution is 8.01. The van der Waals surface area contributed by atoms with Gasteiger partial charge in [-0.3, -0.25) is 4.79 Å². The first-order chi connectivity index (χ1) is 15.3. The fourth-order valence-corrected chi connectivity index (χ4v) is 5.65. The lowest BCUT2D eigenvalue weighted by Crippen LogP contribution is -2.32. The van der Waals surface area contributed by atoms with E-state index in [-0.39, 0.29) is 16.6 Å². The SMILES string of the molecule is NS(=O)(=O)c1ccc(N(Cc2ccccc2)C(=O)CSc2nc3cc(Cl)ccc3s2)cc1. The molecular weight excluding hydrogens is 486 g/mol. The monoisotopic (exact) mass is 503 g/mol. The quantitative estimate of drug-likeness (QED) is 0.361. The third-order valence-electron chi connectivity index (χ3n) is 4.61. The highest BCUT2D eigenvalue weighted by Crippen LogP contribution is 2.31. The lowest BCUT2D eigenvalue weighted by atomic mass is 10.2. The van der Waals surface area contributed by atoms with Crippen LogP contribution >= 0.6 is 34.7 Å². The summed E-state index contributed by atoms with van der Waals surface area (Å²) >= 11 is 8.90. The Morgan fingerprint density at radius 1 is 1.06 bits per heavy atom. The zero-order valence-corrected chi connectivity index (χ0v) is 19.8. The van der Waals surface area contributed by atoms with Crippen molar-refractivity contribution in [2.24, 2.45) is 5.14 Å². The summed E-state index contributed by atoms with van der Waals surface area (Å²) in [6.07, 6.45) is 0. The van der Waals surface area contributed by atoms with Crippen LogP contribution in [-0.4, -0.2) is 25.1 Å². The number of benzene rings is 3. The van der Waals surface area contributed by atoms with E-state index in [2.05, 4.69) is 4.98 Å². The number of hydrogen-bond donors (Lipinski definition) is 1. The number of carbonyl (C=O) groups is 1. The minimum Gasteiger partial charge on any atom is -0.307 e. The molecule has 0 aliphatic rings. The number of carbonyl (C=O) groups excluding carboxylic acids is 1. The van der Waals surface area contributed by atoms with Crippen molar-refractivity contribution < 1.29 is 13.2 Å². The molecule has 0 atom stereocenters. The molecule has 1 aromatic heterocycles. The van der Waals surface area contributed by atoms with E-state index < -0.39 is 10.0 Å². The molecule has 0 spiro atoms. The summed E-state index contributed by atoms with van der Waals surface area (Å²) in [5.74, 6) is 0.0524. The first-order valence-corrected chi connectivity index (χ1v) is 13.2. The van der Waals surface area contributed by atoms with Gasteiger partial charge in [-0.05, 0) is 48.0 Å². The molecule has 0 fully saturated rings. The van der Waals surface area contributed by atoms with Gasteiger partial charge in [0.1, 0.15) is 0 Å². The number of fused-ring (bicyclic) bond motifs is 1. The van der Waals surface area contributed by atoms with E-state index in [0.717, 1.165) is 20.1 Å². The molecule has 32 heavy (non-hydrogen) atoms. The predicted molar refractivity (Wildman–Crippen MR) is 131 cm³/mol. The van der Waals surface area contributed by atoms with E-state index in [1.54, 1.807) is 23.1 Å². The number of anilines is 1. The van der Waals surface area contributed by atoms with E-state index in [9.17, 15) is 13.2 Å². The summed E-state index contributed by atoms with van der Waals surface area (Å²) in [7, 11) is -3.81. The normalized spacial score (nSPS) is 11.6. The topological polar surface area (TPSA) is 93.4 Å². The van der Waals surface area contributed by atoms with Gasteiger partial charge in [-0.15, -0.1) is 11.3 Å². The highest BCUT2D eigenvalue weighted by Gasteiger charge is 2.19. The van der Waals surface area contributed by atoms with Gasteiger partial charge in [0.25, 0.3) is 0 Å². The van der Waals surface area contributed by atoms with Crippen molar-refractivity contribution in [3.8, 4) is 0 Å². The number of primary sulfonamides is 1. The molecule has 4 rings (SSSR count). The Bertz CT molecular complexity index is 1360. The maximum Gasteiger partial charge on any atom is 0.238 e. The number of rotatable bonds is 7. The number of amides is 1. The van der Waals surface area contributed by atoms with Crippen molar-refractivity contribution in [2.45, 2.75) is 15.8 Å². The van der Waals surface area contributed by atoms with Crippen molar-refractivity contribution in [2.75, 3.05) is 10.7 Å². The highest BCUT2D eigenvalue weighted by atomic mass is 35.5. The fraction of sp³-hybridized carbons (Fsp3) is 0.0909. The van der Waals surface area contributed by atoms with Crippen LogP contribution in [0.4, 0.5) is 5.69 Å². The number of thioether (sulfide) groups is 1. The molecule has 1 heterocycles. The maximum absolute atomic E-state index is 13.2. The van der Waals surface area contributed by atoms with Crippen LogP contribution < -0.4 is 10.0 Å². The fourth-order valence-electron chi connectivity index (χ4n) is 3.05. The standard InChI is InChI=1S/C22H18ClN3O3S3/c23-16-6-11-20-19(12-16)25-22(31-20)30-14-21(27)26(13-15-4-2-1-3-5-15)17-7-9-18(10-8-17)32(24,28)29/h1-12H,13-14H2,(H2,24,28,29). The van der Waals surface area contributed by atoms with Crippen molar-refractivity contribution in [1.82, 2.24) is 4.98 Å². The summed E-state index contributed by atoms with van der Waals surface area (Å²) in [4.78, 5) is 19.4. The molecular formula is C22H18ClN3O3S3. The van der Waals surface area contributed by atoms with Crippen molar-refractivity contribution >= 4 is 66.5 Å². The number of nitrogens with zero attached hydrogens (tertiary/aromatic N) is 2. The third kappa shape index (κ3) is 5.48. The molecule has 10 heteroatoms. The molecule has 0 radical (unpaired) electrons.